The van der Waals surface area contributed by atoms with E-state index in [9.17, 15) is 14.4 Å². The van der Waals surface area contributed by atoms with Gasteiger partial charge in [-0.3, -0.25) is 4.79 Å². The van der Waals surface area contributed by atoms with E-state index in [-0.39, 0.29) is 37.0 Å². The average Bonchev–Trinajstić information content (AvgIpc) is 2.62. The number of hydrogen-bond donors (Lipinski definition) is 1. The first-order valence-corrected chi connectivity index (χ1v) is 7.29. The van der Waals surface area contributed by atoms with Gasteiger partial charge in [-0.2, -0.15) is 0 Å². The number of esters is 2. The lowest BCUT2D eigenvalue weighted by Gasteiger charge is -2.13. The number of Topliss-reactive ketones (excluding diaryl/α,β-unsaturated/α-hetero) is 1. The molecule has 0 bridgehead atoms. The lowest BCUT2D eigenvalue weighted by atomic mass is 10.1. The number of methoxy groups -OCH3 is 2. The molecule has 132 valence electrons. The summed E-state index contributed by atoms with van der Waals surface area (Å²) >= 11 is 0. The summed E-state index contributed by atoms with van der Waals surface area (Å²) in [6.45, 7) is 2.06. The fraction of sp³-hybridized carbons (Fsp3) is 0.438. The molecule has 1 aromatic rings. The Kier molecular flexibility index (Phi) is 8.28. The highest BCUT2D eigenvalue weighted by molar-refractivity contribution is 5.98. The first kappa shape index (κ1) is 19.4. The van der Waals surface area contributed by atoms with Crippen LogP contribution in [0.15, 0.2) is 18.2 Å². The number of carbonyl (C=O) groups excluding carboxylic acids is 3. The maximum absolute atomic E-state index is 12.0. The minimum absolute atomic E-state index is 0.140. The zero-order valence-corrected chi connectivity index (χ0v) is 13.9. The van der Waals surface area contributed by atoms with Gasteiger partial charge in [-0.25, -0.2) is 9.59 Å². The van der Waals surface area contributed by atoms with Crippen molar-refractivity contribution in [3.63, 3.8) is 0 Å². The third-order valence-electron chi connectivity index (χ3n) is 2.95. The molecule has 0 saturated carbocycles. The smallest absolute Gasteiger partial charge is 0.343 e. The number of nitrogens with one attached hydrogen (secondary N) is 1. The molecule has 1 N–H and O–H groups in total. The molecule has 1 rings (SSSR count). The van der Waals surface area contributed by atoms with Gasteiger partial charge >= 0.3 is 11.9 Å². The molecule has 0 aliphatic heterocycles. The summed E-state index contributed by atoms with van der Waals surface area (Å²) in [5.41, 5.74) is 0.390. The Balaban J connectivity index is 2.93. The zero-order valence-electron chi connectivity index (χ0n) is 13.9. The van der Waals surface area contributed by atoms with Crippen LogP contribution in [0.1, 0.15) is 17.3 Å². The Morgan fingerprint density at radius 2 is 1.54 bits per heavy atom. The van der Waals surface area contributed by atoms with Gasteiger partial charge in [0.15, 0.2) is 30.5 Å². The molecule has 0 unspecified atom stereocenters. The number of ether oxygens (including phenoxy) is 4. The Hall–Kier alpha value is -2.61. The van der Waals surface area contributed by atoms with Crippen molar-refractivity contribution in [2.45, 2.75) is 6.92 Å². The molecule has 8 nitrogen and oxygen atoms in total. The maximum atomic E-state index is 12.0. The number of benzene rings is 1. The number of hydrogen-bond acceptors (Lipinski definition) is 8. The summed E-state index contributed by atoms with van der Waals surface area (Å²) in [4.78, 5) is 34.5. The van der Waals surface area contributed by atoms with E-state index in [4.69, 9.17) is 9.47 Å². The van der Waals surface area contributed by atoms with Crippen LogP contribution in [0.3, 0.4) is 0 Å². The van der Waals surface area contributed by atoms with Gasteiger partial charge in [0.25, 0.3) is 0 Å². The van der Waals surface area contributed by atoms with Crippen LogP contribution in [0, 0.1) is 0 Å². The van der Waals surface area contributed by atoms with E-state index in [0.29, 0.717) is 12.1 Å². The van der Waals surface area contributed by atoms with Crippen LogP contribution in [0.25, 0.3) is 0 Å². The van der Waals surface area contributed by atoms with Crippen LogP contribution in [0.2, 0.25) is 0 Å². The molecule has 0 fully saturated rings. The molecule has 8 heteroatoms. The van der Waals surface area contributed by atoms with Crippen molar-refractivity contribution in [1.82, 2.24) is 5.32 Å². The molecule has 0 amide bonds. The second-order valence-electron chi connectivity index (χ2n) is 4.59. The van der Waals surface area contributed by atoms with Crippen LogP contribution in [-0.4, -0.2) is 58.2 Å². The predicted molar refractivity (Wildman–Crippen MR) is 84.3 cm³/mol. The van der Waals surface area contributed by atoms with Crippen molar-refractivity contribution in [3.05, 3.63) is 23.8 Å². The fourth-order valence-corrected chi connectivity index (χ4v) is 1.65. The van der Waals surface area contributed by atoms with Gasteiger partial charge in [-0.1, -0.05) is 6.92 Å². The van der Waals surface area contributed by atoms with E-state index in [1.54, 1.807) is 6.07 Å². The van der Waals surface area contributed by atoms with Crippen LogP contribution in [0.4, 0.5) is 0 Å². The molecule has 24 heavy (non-hydrogen) atoms. The highest BCUT2D eigenvalue weighted by Gasteiger charge is 2.14. The van der Waals surface area contributed by atoms with Gasteiger partial charge < -0.3 is 24.3 Å². The molecule has 0 aliphatic rings. The van der Waals surface area contributed by atoms with Crippen LogP contribution < -0.4 is 14.8 Å². The SMILES string of the molecule is CCNCC(=O)c1ccc(OCC(=O)OC)c(OCC(=O)OC)c1. The Morgan fingerprint density at radius 1 is 0.958 bits per heavy atom. The molecule has 0 aromatic heterocycles. The zero-order chi connectivity index (χ0) is 17.9. The van der Waals surface area contributed by atoms with Crippen molar-refractivity contribution in [2.75, 3.05) is 40.5 Å². The summed E-state index contributed by atoms with van der Waals surface area (Å²) in [6, 6.07) is 4.50. The summed E-state index contributed by atoms with van der Waals surface area (Å²) in [5.74, 6) is -0.922. The van der Waals surface area contributed by atoms with Crippen molar-refractivity contribution in [1.29, 1.82) is 0 Å². The third kappa shape index (κ3) is 6.25. The maximum Gasteiger partial charge on any atom is 0.343 e. The van der Waals surface area contributed by atoms with Crippen LogP contribution in [0.5, 0.6) is 11.5 Å². The van der Waals surface area contributed by atoms with Crippen LogP contribution in [-0.2, 0) is 19.1 Å². The van der Waals surface area contributed by atoms with E-state index in [1.807, 2.05) is 6.92 Å². The van der Waals surface area contributed by atoms with Crippen molar-refractivity contribution in [2.24, 2.45) is 0 Å². The van der Waals surface area contributed by atoms with Crippen molar-refractivity contribution < 1.29 is 33.3 Å². The van der Waals surface area contributed by atoms with Gasteiger partial charge in [-0.05, 0) is 24.7 Å². The molecule has 0 heterocycles. The molecule has 0 saturated heterocycles. The molecule has 0 spiro atoms. The quantitative estimate of drug-likeness (QED) is 0.488. The lowest BCUT2D eigenvalue weighted by Crippen LogP contribution is -2.22. The number of rotatable bonds is 10. The first-order chi connectivity index (χ1) is 11.5. The molecule has 1 aromatic carbocycles. The van der Waals surface area contributed by atoms with E-state index in [1.165, 1.54) is 26.4 Å². The van der Waals surface area contributed by atoms with Gasteiger partial charge in [-0.15, -0.1) is 0 Å². The van der Waals surface area contributed by atoms with E-state index >= 15 is 0 Å². The standard InChI is InChI=1S/C16H21NO7/c1-4-17-8-12(18)11-5-6-13(23-9-15(19)21-2)14(7-11)24-10-16(20)22-3/h5-7,17H,4,8-10H2,1-3H3. The largest absolute Gasteiger partial charge is 0.478 e. The fourth-order valence-electron chi connectivity index (χ4n) is 1.65. The molecule has 0 radical (unpaired) electrons. The van der Waals surface area contributed by atoms with Gasteiger partial charge in [0, 0.05) is 5.56 Å². The normalized spacial score (nSPS) is 9.96. The third-order valence-corrected chi connectivity index (χ3v) is 2.95. The minimum atomic E-state index is -0.585. The monoisotopic (exact) mass is 339 g/mol. The lowest BCUT2D eigenvalue weighted by molar-refractivity contribution is -0.144. The topological polar surface area (TPSA) is 100 Å². The Morgan fingerprint density at radius 3 is 2.08 bits per heavy atom. The van der Waals surface area contributed by atoms with Crippen molar-refractivity contribution in [3.8, 4) is 11.5 Å². The summed E-state index contributed by atoms with van der Waals surface area (Å²) in [7, 11) is 2.47. The molecular formula is C16H21NO7. The Labute approximate surface area is 140 Å². The predicted octanol–water partition coefficient (Wildman–Crippen LogP) is 0.582. The molecular weight excluding hydrogens is 318 g/mol. The van der Waals surface area contributed by atoms with E-state index in [0.717, 1.165) is 0 Å². The highest BCUT2D eigenvalue weighted by atomic mass is 16.6. The second-order valence-corrected chi connectivity index (χ2v) is 4.59. The van der Waals surface area contributed by atoms with Gasteiger partial charge in [0.05, 0.1) is 20.8 Å². The Bertz CT molecular complexity index is 586. The summed E-state index contributed by atoms with van der Waals surface area (Å²) in [5, 5.41) is 2.93. The number of carbonyl (C=O) groups is 3. The molecule has 0 atom stereocenters. The van der Waals surface area contributed by atoms with Gasteiger partial charge in [0.2, 0.25) is 0 Å². The highest BCUT2D eigenvalue weighted by Crippen LogP contribution is 2.28. The minimum Gasteiger partial charge on any atom is -0.478 e. The average molecular weight is 339 g/mol. The second kappa shape index (κ2) is 10.2. The van der Waals surface area contributed by atoms with Crippen molar-refractivity contribution >= 4 is 17.7 Å². The summed E-state index contributed by atoms with van der Waals surface area (Å²) in [6.07, 6.45) is 0. The molecule has 0 aliphatic carbocycles. The summed E-state index contributed by atoms with van der Waals surface area (Å²) < 4.78 is 19.6. The van der Waals surface area contributed by atoms with Crippen LogP contribution >= 0.6 is 0 Å². The van der Waals surface area contributed by atoms with Gasteiger partial charge in [0.1, 0.15) is 0 Å². The van der Waals surface area contributed by atoms with E-state index in [2.05, 4.69) is 14.8 Å². The first-order valence-electron chi connectivity index (χ1n) is 7.29. The number of likely N-dealkylation sites (N-methyl/N-ethyl adjacent to an activating group) is 1. The van der Waals surface area contributed by atoms with E-state index < -0.39 is 11.9 Å². The number of ketones is 1.